The maximum atomic E-state index is 13.4. The third-order valence-electron chi connectivity index (χ3n) is 5.49. The predicted molar refractivity (Wildman–Crippen MR) is 134 cm³/mol. The van der Waals surface area contributed by atoms with Crippen molar-refractivity contribution >= 4 is 57.6 Å². The maximum absolute atomic E-state index is 13.4. The molecule has 0 saturated heterocycles. The van der Waals surface area contributed by atoms with E-state index in [0.717, 1.165) is 35.5 Å². The lowest BCUT2D eigenvalue weighted by atomic mass is 10.1. The van der Waals surface area contributed by atoms with Crippen molar-refractivity contribution in [2.75, 3.05) is 11.1 Å². The molecule has 0 fully saturated rings. The van der Waals surface area contributed by atoms with Gasteiger partial charge in [-0.3, -0.25) is 9.59 Å². The molecule has 2 aliphatic heterocycles. The Morgan fingerprint density at radius 2 is 1.78 bits per heavy atom. The van der Waals surface area contributed by atoms with Gasteiger partial charge in [0, 0.05) is 5.56 Å². The van der Waals surface area contributed by atoms with Crippen LogP contribution in [0.5, 0.6) is 0 Å². The van der Waals surface area contributed by atoms with Crippen molar-refractivity contribution in [3.8, 4) is 0 Å². The number of aliphatic imine (C=N–C) groups is 2. The Bertz CT molecular complexity index is 1430. The highest BCUT2D eigenvalue weighted by atomic mass is 35.5. The fourth-order valence-corrected chi connectivity index (χ4v) is 4.78. The second kappa shape index (κ2) is 9.44. The van der Waals surface area contributed by atoms with Crippen LogP contribution in [0, 0.1) is 0 Å². The molecule has 0 bridgehead atoms. The molecule has 1 N–H and O–H groups in total. The van der Waals surface area contributed by atoms with E-state index in [-0.39, 0.29) is 27.5 Å². The van der Waals surface area contributed by atoms with Gasteiger partial charge in [-0.25, -0.2) is 14.9 Å². The smallest absolute Gasteiger partial charge is 0.324 e. The van der Waals surface area contributed by atoms with Gasteiger partial charge in [0.1, 0.15) is 5.84 Å². The van der Waals surface area contributed by atoms with E-state index < -0.39 is 23.7 Å². The van der Waals surface area contributed by atoms with Gasteiger partial charge in [0.05, 0.1) is 27.7 Å². The van der Waals surface area contributed by atoms with Crippen LogP contribution in [0.1, 0.15) is 22.7 Å². The van der Waals surface area contributed by atoms with E-state index in [0.29, 0.717) is 17.1 Å². The molecule has 3 aromatic carbocycles. The number of amidine groups is 2. The number of amides is 2. The number of hydrogen-bond donors (Lipinski definition) is 1. The first-order chi connectivity index (χ1) is 17.2. The summed E-state index contributed by atoms with van der Waals surface area (Å²) in [6, 6.07) is 18.3. The van der Waals surface area contributed by atoms with Crippen LogP contribution in [-0.2, 0) is 15.8 Å². The molecular weight excluding hydrogens is 513 g/mol. The summed E-state index contributed by atoms with van der Waals surface area (Å²) in [6.07, 6.45) is -4.58. The molecule has 36 heavy (non-hydrogen) atoms. The fraction of sp³-hybridized carbons (Fsp3) is 0.120. The number of carbonyl (C=O) groups excluding carboxylic acids is 2. The first-order valence-corrected chi connectivity index (χ1v) is 12.0. The summed E-state index contributed by atoms with van der Waals surface area (Å²) in [5.41, 5.74) is 0.921. The molecule has 0 saturated carbocycles. The number of halogens is 4. The molecule has 182 valence electrons. The summed E-state index contributed by atoms with van der Waals surface area (Å²) in [5, 5.41) is 2.63. The van der Waals surface area contributed by atoms with Crippen molar-refractivity contribution in [1.29, 1.82) is 0 Å². The van der Waals surface area contributed by atoms with Gasteiger partial charge in [0.25, 0.3) is 5.91 Å². The predicted octanol–water partition coefficient (Wildman–Crippen LogP) is 6.06. The van der Waals surface area contributed by atoms with Gasteiger partial charge in [0.2, 0.25) is 5.91 Å². The highest BCUT2D eigenvalue weighted by Crippen LogP contribution is 2.38. The number of fused-ring (bicyclic) bond motifs is 3. The summed E-state index contributed by atoms with van der Waals surface area (Å²) < 4.78 is 39.1. The summed E-state index contributed by atoms with van der Waals surface area (Å²) in [6.45, 7) is 0. The number of anilines is 1. The third-order valence-corrected chi connectivity index (χ3v) is 6.75. The molecule has 11 heteroatoms. The van der Waals surface area contributed by atoms with Crippen molar-refractivity contribution in [3.63, 3.8) is 0 Å². The molecule has 1 atom stereocenters. The van der Waals surface area contributed by atoms with E-state index >= 15 is 0 Å². The van der Waals surface area contributed by atoms with Crippen molar-refractivity contribution in [2.45, 2.75) is 12.2 Å². The lowest BCUT2D eigenvalue weighted by Crippen LogP contribution is -2.40. The molecule has 0 spiro atoms. The molecule has 0 radical (unpaired) electrons. The quantitative estimate of drug-likeness (QED) is 0.447. The van der Waals surface area contributed by atoms with Crippen LogP contribution >= 0.6 is 23.4 Å². The number of rotatable bonds is 4. The average Bonchev–Trinajstić information content (AvgIpc) is 3.21. The van der Waals surface area contributed by atoms with Crippen LogP contribution in [0.25, 0.3) is 0 Å². The van der Waals surface area contributed by atoms with Crippen LogP contribution in [0.2, 0.25) is 5.02 Å². The van der Waals surface area contributed by atoms with Crippen molar-refractivity contribution < 1.29 is 22.8 Å². The van der Waals surface area contributed by atoms with Gasteiger partial charge in [-0.1, -0.05) is 65.8 Å². The molecule has 1 unspecified atom stereocenters. The van der Waals surface area contributed by atoms with Crippen molar-refractivity contribution in [1.82, 2.24) is 4.90 Å². The number of thioether (sulfide) groups is 1. The maximum Gasteiger partial charge on any atom is 0.416 e. The Kier molecular flexibility index (Phi) is 6.31. The van der Waals surface area contributed by atoms with E-state index in [1.807, 2.05) is 42.5 Å². The third kappa shape index (κ3) is 4.61. The number of alkyl halides is 3. The summed E-state index contributed by atoms with van der Waals surface area (Å²) >= 11 is 6.96. The van der Waals surface area contributed by atoms with E-state index in [9.17, 15) is 22.8 Å². The Hall–Kier alpha value is -3.63. The van der Waals surface area contributed by atoms with Crippen molar-refractivity contribution in [3.05, 3.63) is 94.5 Å². The number of carbonyl (C=O) groups is 2. The fourth-order valence-electron chi connectivity index (χ4n) is 3.81. The van der Waals surface area contributed by atoms with Gasteiger partial charge >= 0.3 is 6.18 Å². The van der Waals surface area contributed by atoms with Gasteiger partial charge < -0.3 is 5.32 Å². The van der Waals surface area contributed by atoms with E-state index in [4.69, 9.17) is 11.6 Å². The minimum absolute atomic E-state index is 0.0277. The van der Waals surface area contributed by atoms with E-state index in [1.165, 1.54) is 4.90 Å². The Morgan fingerprint density at radius 3 is 2.53 bits per heavy atom. The van der Waals surface area contributed by atoms with Crippen LogP contribution in [0.3, 0.4) is 0 Å². The van der Waals surface area contributed by atoms with E-state index in [2.05, 4.69) is 15.3 Å². The lowest BCUT2D eigenvalue weighted by molar-refractivity contribution is -0.137. The van der Waals surface area contributed by atoms with E-state index in [1.54, 1.807) is 12.1 Å². The number of benzene rings is 3. The van der Waals surface area contributed by atoms with Crippen LogP contribution in [-0.4, -0.2) is 33.5 Å². The zero-order valence-electron chi connectivity index (χ0n) is 18.3. The van der Waals surface area contributed by atoms with Crippen LogP contribution in [0.4, 0.5) is 24.5 Å². The molecule has 2 aliphatic rings. The monoisotopic (exact) mass is 528 g/mol. The summed E-state index contributed by atoms with van der Waals surface area (Å²) in [5.74, 6) is -0.699. The normalized spacial score (nSPS) is 16.7. The number of nitrogens with one attached hydrogen (secondary N) is 1. The summed E-state index contributed by atoms with van der Waals surface area (Å²) in [7, 11) is 0. The molecular formula is C25H16ClF3N4O2S. The highest BCUT2D eigenvalue weighted by molar-refractivity contribution is 8.14. The zero-order chi connectivity index (χ0) is 25.4. The Balaban J connectivity index is 1.38. The number of hydrogen-bond acceptors (Lipinski definition) is 5. The second-order valence-electron chi connectivity index (χ2n) is 7.88. The van der Waals surface area contributed by atoms with Crippen LogP contribution < -0.4 is 5.32 Å². The SMILES string of the molecule is O=C(CSC1=Nc2ccccc2C2=NC(c3ccccc3)C(=O)N12)Nc1cc(C(F)(F)F)ccc1Cl. The zero-order valence-corrected chi connectivity index (χ0v) is 19.9. The Labute approximate surface area is 212 Å². The number of nitrogens with zero attached hydrogens (tertiary/aromatic N) is 3. The molecule has 0 aliphatic carbocycles. The topological polar surface area (TPSA) is 74.1 Å². The highest BCUT2D eigenvalue weighted by Gasteiger charge is 2.42. The first-order valence-electron chi connectivity index (χ1n) is 10.7. The minimum atomic E-state index is -4.58. The Morgan fingerprint density at radius 1 is 1.06 bits per heavy atom. The average molecular weight is 529 g/mol. The minimum Gasteiger partial charge on any atom is -0.324 e. The molecule has 2 heterocycles. The van der Waals surface area contributed by atoms with Crippen molar-refractivity contribution in [2.24, 2.45) is 9.98 Å². The molecule has 0 aromatic heterocycles. The van der Waals surface area contributed by atoms with Gasteiger partial charge in [-0.05, 0) is 35.9 Å². The molecule has 5 rings (SSSR count). The van der Waals surface area contributed by atoms with Gasteiger partial charge in [0.15, 0.2) is 11.2 Å². The molecule has 3 aromatic rings. The number of para-hydroxylation sites is 1. The summed E-state index contributed by atoms with van der Waals surface area (Å²) in [4.78, 5) is 36.6. The van der Waals surface area contributed by atoms with Gasteiger partial charge in [-0.2, -0.15) is 13.2 Å². The van der Waals surface area contributed by atoms with Crippen LogP contribution in [0.15, 0.2) is 82.8 Å². The second-order valence-corrected chi connectivity index (χ2v) is 9.23. The molecule has 2 amide bonds. The molecule has 6 nitrogen and oxygen atoms in total. The standard InChI is InChI=1S/C25H16ClF3N4O2S/c26-17-11-10-15(25(27,28)29)12-19(17)30-20(34)13-36-24-31-18-9-5-4-8-16(18)22-32-21(23(35)33(22)24)14-6-2-1-3-7-14/h1-12,21H,13H2,(H,30,34). The lowest BCUT2D eigenvalue weighted by Gasteiger charge is -2.25. The first kappa shape index (κ1) is 24.1. The largest absolute Gasteiger partial charge is 0.416 e. The van der Waals surface area contributed by atoms with Gasteiger partial charge in [-0.15, -0.1) is 0 Å².